The maximum absolute atomic E-state index is 12.9. The van der Waals surface area contributed by atoms with Gasteiger partial charge in [-0.15, -0.1) is 0 Å². The van der Waals surface area contributed by atoms with E-state index in [1.807, 2.05) is 36.4 Å². The van der Waals surface area contributed by atoms with E-state index in [0.717, 1.165) is 88.4 Å². The van der Waals surface area contributed by atoms with Crippen LogP contribution in [0.2, 0.25) is 0 Å². The van der Waals surface area contributed by atoms with Crippen molar-refractivity contribution >= 4 is 49.6 Å². The zero-order chi connectivity index (χ0) is 39.8. The summed E-state index contributed by atoms with van der Waals surface area (Å²) in [6, 6.07) is 50.5. The predicted octanol–water partition coefficient (Wildman–Crippen LogP) is 12.0. The highest BCUT2D eigenvalue weighted by atomic mass is 16.5. The van der Waals surface area contributed by atoms with Crippen LogP contribution in [0.4, 0.5) is 0 Å². The first-order valence-corrected chi connectivity index (χ1v) is 19.2. The molecule has 0 radical (unpaired) electrons. The molecular weight excluding hydrogens is 717 g/mol. The van der Waals surface area contributed by atoms with Crippen molar-refractivity contribution in [3.05, 3.63) is 214 Å². The van der Waals surface area contributed by atoms with Gasteiger partial charge < -0.3 is 18.9 Å². The molecule has 0 heterocycles. The molecule has 7 aromatic carbocycles. The number of carbonyl (C=O) groups is 1. The minimum Gasteiger partial charge on any atom is -0.497 e. The second kappa shape index (κ2) is 15.3. The van der Waals surface area contributed by atoms with E-state index < -0.39 is 0 Å². The topological polar surface area (TPSA) is 54.0 Å². The van der Waals surface area contributed by atoms with Gasteiger partial charge in [0.2, 0.25) is 0 Å². The molecule has 0 bridgehead atoms. The number of hydrogen-bond acceptors (Lipinski definition) is 5. The van der Waals surface area contributed by atoms with Crippen molar-refractivity contribution in [3.8, 4) is 23.0 Å². The molecule has 2 aliphatic carbocycles. The smallest absolute Gasteiger partial charge is 0.178 e. The molecule has 282 valence electrons. The summed E-state index contributed by atoms with van der Waals surface area (Å²) in [5.74, 6) is 2.59. The van der Waals surface area contributed by atoms with Gasteiger partial charge in [-0.1, -0.05) is 121 Å². The molecule has 5 nitrogen and oxygen atoms in total. The Kier molecular flexibility index (Phi) is 9.56. The zero-order valence-electron chi connectivity index (χ0n) is 32.7. The molecule has 0 saturated carbocycles. The normalized spacial score (nSPS) is 13.9. The lowest BCUT2D eigenvalue weighted by molar-refractivity contribution is -0.110. The molecule has 9 rings (SSSR count). The zero-order valence-corrected chi connectivity index (χ0v) is 32.7. The van der Waals surface area contributed by atoms with Gasteiger partial charge in [0.05, 0.1) is 28.4 Å². The first-order valence-electron chi connectivity index (χ1n) is 19.2. The average molecular weight is 757 g/mol. The summed E-state index contributed by atoms with van der Waals surface area (Å²) in [6.07, 6.45) is 7.20. The van der Waals surface area contributed by atoms with Crippen molar-refractivity contribution in [2.45, 2.75) is 0 Å². The van der Waals surface area contributed by atoms with E-state index in [4.69, 9.17) is 18.9 Å². The maximum atomic E-state index is 12.9. The van der Waals surface area contributed by atoms with Gasteiger partial charge in [0.15, 0.2) is 5.78 Å². The molecule has 7 aromatic rings. The molecule has 0 spiro atoms. The van der Waals surface area contributed by atoms with Crippen LogP contribution in [-0.2, 0) is 4.79 Å². The Labute approximate surface area is 338 Å². The average Bonchev–Trinajstić information content (AvgIpc) is 3.43. The number of methoxy groups -OCH3 is 4. The van der Waals surface area contributed by atoms with E-state index in [-0.39, 0.29) is 5.78 Å². The van der Waals surface area contributed by atoms with E-state index in [0.29, 0.717) is 23.0 Å². The molecule has 2 aliphatic rings. The van der Waals surface area contributed by atoms with Crippen LogP contribution in [0.15, 0.2) is 181 Å². The molecule has 5 heteroatoms. The van der Waals surface area contributed by atoms with Crippen LogP contribution in [0.5, 0.6) is 23.0 Å². The SMILES string of the molecule is COc1cc(OC)cc(C2=C(c3ccccc3)C(=C3C=CC(=O)C=C3)C(c3ccccc3)=C(c3cc(OC)cc(OC)c3)c3c2c2ccccc2c2ccccc32)c1. The number of carbonyl (C=O) groups excluding carboxylic acids is 1. The first kappa shape index (κ1) is 36.3. The molecular formula is C53H40O5. The standard InChI is InChI=1S/C53H40O5/c1-55-39-27-36(28-40(31-39)56-2)50-47(33-15-7-5-8-16-33)49(35-23-25-38(54)26-24-35)48(34-17-9-6-10-18-34)51(37-29-41(57-3)32-42(30-37)58-4)53-46-22-14-12-20-44(46)43-19-11-13-21-45(43)52(50)53/h5-32H,1-4H3. The Morgan fingerprint density at radius 3 is 1.03 bits per heavy atom. The summed E-state index contributed by atoms with van der Waals surface area (Å²) in [5, 5.41) is 4.41. The van der Waals surface area contributed by atoms with Gasteiger partial charge in [-0.3, -0.25) is 4.79 Å². The Bertz CT molecular complexity index is 2690. The van der Waals surface area contributed by atoms with Crippen molar-refractivity contribution < 1.29 is 23.7 Å². The van der Waals surface area contributed by atoms with Gasteiger partial charge in [-0.2, -0.15) is 0 Å². The van der Waals surface area contributed by atoms with Gasteiger partial charge in [0, 0.05) is 12.1 Å². The highest BCUT2D eigenvalue weighted by Crippen LogP contribution is 2.56. The number of ketones is 1. The summed E-state index contributed by atoms with van der Waals surface area (Å²) in [6.45, 7) is 0. The van der Waals surface area contributed by atoms with Gasteiger partial charge in [0.25, 0.3) is 0 Å². The van der Waals surface area contributed by atoms with E-state index in [1.165, 1.54) is 0 Å². The minimum absolute atomic E-state index is 0.0655. The Morgan fingerprint density at radius 1 is 0.328 bits per heavy atom. The molecule has 58 heavy (non-hydrogen) atoms. The number of rotatable bonds is 8. The largest absolute Gasteiger partial charge is 0.497 e. The minimum atomic E-state index is -0.0655. The van der Waals surface area contributed by atoms with E-state index >= 15 is 0 Å². The third-order valence-electron chi connectivity index (χ3n) is 11.0. The lowest BCUT2D eigenvalue weighted by atomic mass is 9.79. The fraction of sp³-hybridized carbons (Fsp3) is 0.0755. The molecule has 0 saturated heterocycles. The van der Waals surface area contributed by atoms with Crippen LogP contribution < -0.4 is 18.9 Å². The molecule has 0 unspecified atom stereocenters. The third-order valence-corrected chi connectivity index (χ3v) is 11.0. The van der Waals surface area contributed by atoms with Gasteiger partial charge >= 0.3 is 0 Å². The summed E-state index contributed by atoms with van der Waals surface area (Å²) >= 11 is 0. The number of fused-ring (bicyclic) bond motifs is 6. The van der Waals surface area contributed by atoms with Crippen LogP contribution >= 0.6 is 0 Å². The second-order valence-corrected chi connectivity index (χ2v) is 14.2. The molecule has 0 aromatic heterocycles. The van der Waals surface area contributed by atoms with E-state index in [2.05, 4.69) is 121 Å². The van der Waals surface area contributed by atoms with E-state index in [9.17, 15) is 4.79 Å². The lowest BCUT2D eigenvalue weighted by Crippen LogP contribution is -2.04. The van der Waals surface area contributed by atoms with Gasteiger partial charge in [-0.25, -0.2) is 0 Å². The van der Waals surface area contributed by atoms with Crippen molar-refractivity contribution in [1.82, 2.24) is 0 Å². The fourth-order valence-corrected chi connectivity index (χ4v) is 8.46. The number of benzene rings is 7. The third kappa shape index (κ3) is 6.27. The van der Waals surface area contributed by atoms with Crippen molar-refractivity contribution in [1.29, 1.82) is 0 Å². The summed E-state index contributed by atoms with van der Waals surface area (Å²) in [4.78, 5) is 12.9. The predicted molar refractivity (Wildman–Crippen MR) is 236 cm³/mol. The van der Waals surface area contributed by atoms with Gasteiger partial charge in [0.1, 0.15) is 23.0 Å². The Balaban J connectivity index is 1.66. The maximum Gasteiger partial charge on any atom is 0.178 e. The van der Waals surface area contributed by atoms with Crippen LogP contribution in [0, 0.1) is 0 Å². The quantitative estimate of drug-likeness (QED) is 0.145. The van der Waals surface area contributed by atoms with Crippen LogP contribution in [0.25, 0.3) is 43.8 Å². The van der Waals surface area contributed by atoms with Crippen LogP contribution in [0.1, 0.15) is 33.4 Å². The number of allylic oxidation sites excluding steroid dienone is 8. The van der Waals surface area contributed by atoms with Crippen molar-refractivity contribution in [2.24, 2.45) is 0 Å². The highest BCUT2D eigenvalue weighted by molar-refractivity contribution is 6.29. The Morgan fingerprint density at radius 2 is 0.672 bits per heavy atom. The summed E-state index contributed by atoms with van der Waals surface area (Å²) in [5.41, 5.74) is 11.7. The van der Waals surface area contributed by atoms with Gasteiger partial charge in [-0.05, 0) is 125 Å². The molecule has 0 fully saturated rings. The summed E-state index contributed by atoms with van der Waals surface area (Å²) < 4.78 is 23.9. The number of ether oxygens (including phenoxy) is 4. The molecule has 0 N–H and O–H groups in total. The lowest BCUT2D eigenvalue weighted by Gasteiger charge is -2.24. The highest BCUT2D eigenvalue weighted by Gasteiger charge is 2.35. The molecule has 0 atom stereocenters. The molecule has 0 amide bonds. The number of hydrogen-bond donors (Lipinski definition) is 0. The molecule has 0 aliphatic heterocycles. The first-order chi connectivity index (χ1) is 28.5. The van der Waals surface area contributed by atoms with Crippen molar-refractivity contribution in [2.75, 3.05) is 28.4 Å². The van der Waals surface area contributed by atoms with E-state index in [1.54, 1.807) is 40.6 Å². The second-order valence-electron chi connectivity index (χ2n) is 14.2. The van der Waals surface area contributed by atoms with Crippen LogP contribution in [-0.4, -0.2) is 34.2 Å². The summed E-state index contributed by atoms with van der Waals surface area (Å²) in [7, 11) is 6.72. The van der Waals surface area contributed by atoms with Crippen molar-refractivity contribution in [3.63, 3.8) is 0 Å². The fourth-order valence-electron chi connectivity index (χ4n) is 8.46. The Hall–Kier alpha value is -7.37. The monoisotopic (exact) mass is 756 g/mol. The van der Waals surface area contributed by atoms with Crippen LogP contribution in [0.3, 0.4) is 0 Å².